The van der Waals surface area contributed by atoms with Gasteiger partial charge < -0.3 is 9.72 Å². The van der Waals surface area contributed by atoms with Crippen molar-refractivity contribution in [2.75, 3.05) is 0 Å². The van der Waals surface area contributed by atoms with E-state index in [4.69, 9.17) is 27.9 Å². The van der Waals surface area contributed by atoms with Gasteiger partial charge in [-0.2, -0.15) is 0 Å². The molecule has 18 heavy (non-hydrogen) atoms. The molecule has 1 aromatic heterocycles. The van der Waals surface area contributed by atoms with Gasteiger partial charge in [-0.15, -0.1) is 0 Å². The summed E-state index contributed by atoms with van der Waals surface area (Å²) in [5, 5.41) is 0.459. The maximum Gasteiger partial charge on any atom is 0.345 e. The van der Waals surface area contributed by atoms with Crippen LogP contribution in [-0.4, -0.2) is 11.0 Å². The van der Waals surface area contributed by atoms with Gasteiger partial charge in [-0.25, -0.2) is 4.79 Å². The van der Waals surface area contributed by atoms with Gasteiger partial charge in [0.1, 0.15) is 5.02 Å². The lowest BCUT2D eigenvalue weighted by molar-refractivity contribution is 0.0734. The highest BCUT2D eigenvalue weighted by atomic mass is 35.5. The minimum absolute atomic E-state index is 0.164. The minimum atomic E-state index is -0.629. The molecule has 0 aliphatic carbocycles. The molecule has 0 atom stereocenters. The maximum atomic E-state index is 11.7. The third-order valence-electron chi connectivity index (χ3n) is 2.14. The van der Waals surface area contributed by atoms with Crippen LogP contribution in [0.2, 0.25) is 10.0 Å². The van der Waals surface area contributed by atoms with Crippen molar-refractivity contribution in [3.05, 3.63) is 62.5 Å². The summed E-state index contributed by atoms with van der Waals surface area (Å²) < 4.78 is 5.07. The monoisotopic (exact) mass is 283 g/mol. The number of H-pyrrole nitrogens is 1. The van der Waals surface area contributed by atoms with Gasteiger partial charge in [-0.1, -0.05) is 29.3 Å². The molecule has 1 aromatic carbocycles. The number of pyridine rings is 1. The average Bonchev–Trinajstić information content (AvgIpc) is 2.36. The number of aromatic amines is 1. The molecule has 0 fully saturated rings. The first-order valence-corrected chi connectivity index (χ1v) is 5.68. The third kappa shape index (κ3) is 2.72. The number of ether oxygens (including phenoxy) is 1. The van der Waals surface area contributed by atoms with Crippen LogP contribution in [0.1, 0.15) is 10.4 Å². The van der Waals surface area contributed by atoms with Gasteiger partial charge in [-0.3, -0.25) is 4.79 Å². The molecule has 0 saturated heterocycles. The quantitative estimate of drug-likeness (QED) is 0.681. The molecule has 1 heterocycles. The van der Waals surface area contributed by atoms with Crippen LogP contribution in [0.5, 0.6) is 5.75 Å². The van der Waals surface area contributed by atoms with E-state index in [0.29, 0.717) is 5.02 Å². The van der Waals surface area contributed by atoms with Gasteiger partial charge in [0.25, 0.3) is 0 Å². The van der Waals surface area contributed by atoms with Crippen molar-refractivity contribution < 1.29 is 9.53 Å². The lowest BCUT2D eigenvalue weighted by Crippen LogP contribution is -2.12. The predicted octanol–water partition coefficient (Wildman–Crippen LogP) is 2.90. The van der Waals surface area contributed by atoms with Crippen molar-refractivity contribution in [2.24, 2.45) is 0 Å². The van der Waals surface area contributed by atoms with E-state index in [1.807, 2.05) is 0 Å². The predicted molar refractivity (Wildman–Crippen MR) is 68.5 cm³/mol. The number of hydrogen-bond acceptors (Lipinski definition) is 3. The molecule has 0 spiro atoms. The molecule has 2 aromatic rings. The summed E-state index contributed by atoms with van der Waals surface area (Å²) >= 11 is 11.7. The van der Waals surface area contributed by atoms with Crippen LogP contribution >= 0.6 is 23.2 Å². The molecule has 0 unspecified atom stereocenters. The third-order valence-corrected chi connectivity index (χ3v) is 2.94. The molecule has 4 nitrogen and oxygen atoms in total. The highest BCUT2D eigenvalue weighted by Crippen LogP contribution is 2.31. The van der Waals surface area contributed by atoms with Crippen LogP contribution in [0, 0.1) is 0 Å². The van der Waals surface area contributed by atoms with Crippen LogP contribution in [0.3, 0.4) is 0 Å². The van der Waals surface area contributed by atoms with Crippen LogP contribution in [0.25, 0.3) is 0 Å². The number of halogens is 2. The number of carbonyl (C=O) groups excluding carboxylic acids is 1. The van der Waals surface area contributed by atoms with Gasteiger partial charge >= 0.3 is 5.97 Å². The van der Waals surface area contributed by atoms with Gasteiger partial charge in [0.2, 0.25) is 5.56 Å². The molecule has 0 aliphatic rings. The summed E-state index contributed by atoms with van der Waals surface area (Å²) in [5.41, 5.74) is -0.0852. The van der Waals surface area contributed by atoms with Crippen molar-refractivity contribution in [1.29, 1.82) is 0 Å². The molecule has 1 N–H and O–H groups in total. The van der Waals surface area contributed by atoms with Crippen LogP contribution in [-0.2, 0) is 0 Å². The number of benzene rings is 1. The largest absolute Gasteiger partial charge is 0.421 e. The maximum absolute atomic E-state index is 11.7. The molecule has 92 valence electrons. The Morgan fingerprint density at radius 2 is 1.94 bits per heavy atom. The fourth-order valence-electron chi connectivity index (χ4n) is 1.26. The lowest BCUT2D eigenvalue weighted by atomic mass is 10.3. The Morgan fingerprint density at radius 3 is 2.61 bits per heavy atom. The van der Waals surface area contributed by atoms with E-state index in [-0.39, 0.29) is 21.9 Å². The number of carbonyl (C=O) groups is 1. The molecular formula is C12H7Cl2NO3. The molecule has 0 amide bonds. The average molecular weight is 284 g/mol. The molecule has 0 bridgehead atoms. The van der Waals surface area contributed by atoms with E-state index in [0.717, 1.165) is 0 Å². The second-order valence-electron chi connectivity index (χ2n) is 3.38. The standard InChI is InChI=1S/C12H7Cl2NO3/c13-8-2-1-3-9(11(8)14)18-12(17)7-4-5-10(16)15-6-7/h1-6H,(H,15,16). The second-order valence-corrected chi connectivity index (χ2v) is 4.17. The number of nitrogens with one attached hydrogen (secondary N) is 1. The molecule has 2 rings (SSSR count). The first kappa shape index (κ1) is 12.7. The molecule has 6 heteroatoms. The van der Waals surface area contributed by atoms with Gasteiger partial charge in [0.15, 0.2) is 5.75 Å². The van der Waals surface area contributed by atoms with Gasteiger partial charge in [0, 0.05) is 12.3 Å². The zero-order valence-corrected chi connectivity index (χ0v) is 10.5. The first-order chi connectivity index (χ1) is 8.58. The summed E-state index contributed by atoms with van der Waals surface area (Å²) in [4.78, 5) is 25.0. The Bertz CT molecular complexity index is 632. The van der Waals surface area contributed by atoms with E-state index < -0.39 is 5.97 Å². The van der Waals surface area contributed by atoms with E-state index >= 15 is 0 Å². The molecule has 0 radical (unpaired) electrons. The Morgan fingerprint density at radius 1 is 1.17 bits per heavy atom. The van der Waals surface area contributed by atoms with Crippen molar-refractivity contribution in [2.45, 2.75) is 0 Å². The zero-order chi connectivity index (χ0) is 13.1. The zero-order valence-electron chi connectivity index (χ0n) is 8.94. The van der Waals surface area contributed by atoms with Crippen LogP contribution in [0.15, 0.2) is 41.3 Å². The van der Waals surface area contributed by atoms with E-state index in [2.05, 4.69) is 4.98 Å². The summed E-state index contributed by atoms with van der Waals surface area (Å²) in [7, 11) is 0. The number of esters is 1. The summed E-state index contributed by atoms with van der Waals surface area (Å²) in [5.74, 6) is -0.462. The smallest absolute Gasteiger partial charge is 0.345 e. The molecular weight excluding hydrogens is 277 g/mol. The van der Waals surface area contributed by atoms with E-state index in [1.54, 1.807) is 12.1 Å². The first-order valence-electron chi connectivity index (χ1n) is 4.93. The fraction of sp³-hybridized carbons (Fsp3) is 0. The van der Waals surface area contributed by atoms with Gasteiger partial charge in [0.05, 0.1) is 10.6 Å². The highest BCUT2D eigenvalue weighted by molar-refractivity contribution is 6.43. The lowest BCUT2D eigenvalue weighted by Gasteiger charge is -2.06. The van der Waals surface area contributed by atoms with Gasteiger partial charge in [-0.05, 0) is 18.2 Å². The van der Waals surface area contributed by atoms with Crippen LogP contribution < -0.4 is 10.3 Å². The molecule has 0 saturated carbocycles. The number of hydrogen-bond donors (Lipinski definition) is 1. The summed E-state index contributed by atoms with van der Waals surface area (Å²) in [6.07, 6.45) is 1.27. The Kier molecular flexibility index (Phi) is 3.69. The van der Waals surface area contributed by atoms with E-state index in [9.17, 15) is 9.59 Å². The Balaban J connectivity index is 2.24. The summed E-state index contributed by atoms with van der Waals surface area (Å²) in [6.45, 7) is 0. The fourth-order valence-corrected chi connectivity index (χ4v) is 1.59. The van der Waals surface area contributed by atoms with Crippen molar-refractivity contribution in [3.8, 4) is 5.75 Å². The second kappa shape index (κ2) is 5.25. The Hall–Kier alpha value is -1.78. The van der Waals surface area contributed by atoms with E-state index in [1.165, 1.54) is 24.4 Å². The highest BCUT2D eigenvalue weighted by Gasteiger charge is 2.12. The molecule has 0 aliphatic heterocycles. The van der Waals surface area contributed by atoms with Crippen LogP contribution in [0.4, 0.5) is 0 Å². The minimum Gasteiger partial charge on any atom is -0.421 e. The van der Waals surface area contributed by atoms with Crippen molar-refractivity contribution >= 4 is 29.2 Å². The normalized spacial score (nSPS) is 10.1. The summed E-state index contributed by atoms with van der Waals surface area (Å²) in [6, 6.07) is 7.32. The topological polar surface area (TPSA) is 59.2 Å². The van der Waals surface area contributed by atoms with Crippen molar-refractivity contribution in [3.63, 3.8) is 0 Å². The number of rotatable bonds is 2. The Labute approximate surface area is 112 Å². The van der Waals surface area contributed by atoms with Crippen molar-refractivity contribution in [1.82, 2.24) is 4.98 Å². The SMILES string of the molecule is O=C(Oc1cccc(Cl)c1Cl)c1ccc(=O)[nH]c1. The number of aromatic nitrogens is 1.